The van der Waals surface area contributed by atoms with Gasteiger partial charge in [0.15, 0.2) is 5.65 Å². The Balaban J connectivity index is 2.27. The van der Waals surface area contributed by atoms with Crippen molar-refractivity contribution in [1.82, 2.24) is 14.5 Å². The van der Waals surface area contributed by atoms with Crippen molar-refractivity contribution in [3.63, 3.8) is 0 Å². The van der Waals surface area contributed by atoms with Crippen LogP contribution < -0.4 is 0 Å². The topological polar surface area (TPSA) is 57.0 Å². The molecule has 0 unspecified atom stereocenters. The van der Waals surface area contributed by atoms with Gasteiger partial charge in [-0.05, 0) is 39.3 Å². The number of hydrogen-bond donors (Lipinski definition) is 0. The third-order valence-electron chi connectivity index (χ3n) is 3.48. The highest BCUT2D eigenvalue weighted by Gasteiger charge is 2.24. The predicted octanol–water partition coefficient (Wildman–Crippen LogP) is 4.84. The zero-order valence-corrected chi connectivity index (χ0v) is 14.8. The molecule has 0 fully saturated rings. The highest BCUT2D eigenvalue weighted by Crippen LogP contribution is 2.30. The molecular formula is C18H18ClN3O2. The van der Waals surface area contributed by atoms with Crippen LogP contribution in [-0.4, -0.2) is 26.2 Å². The van der Waals surface area contributed by atoms with Crippen molar-refractivity contribution in [2.24, 2.45) is 0 Å². The number of halogens is 1. The Morgan fingerprint density at radius 2 is 1.96 bits per heavy atom. The van der Waals surface area contributed by atoms with Gasteiger partial charge in [-0.2, -0.15) is 0 Å². The smallest absolute Gasteiger partial charge is 0.420 e. The standard InChI is InChI=1S/C18H18ClN3O2/c1-11-7-5-6-8-12(11)14-9-13-16(21-15(19)10-20-13)22(14)17(23)24-18(2,3)4/h5-10H,1-4H3. The number of carbonyl (C=O) groups excluding carboxylic acids is 1. The van der Waals surface area contributed by atoms with Crippen LogP contribution >= 0.6 is 11.6 Å². The van der Waals surface area contributed by atoms with Crippen molar-refractivity contribution in [3.8, 4) is 11.3 Å². The first kappa shape index (κ1) is 16.5. The molecule has 0 aliphatic heterocycles. The molecular weight excluding hydrogens is 326 g/mol. The van der Waals surface area contributed by atoms with E-state index in [4.69, 9.17) is 16.3 Å². The number of benzene rings is 1. The molecule has 24 heavy (non-hydrogen) atoms. The molecule has 124 valence electrons. The summed E-state index contributed by atoms with van der Waals surface area (Å²) in [5, 5.41) is 0.224. The van der Waals surface area contributed by atoms with Crippen molar-refractivity contribution in [1.29, 1.82) is 0 Å². The molecule has 0 atom stereocenters. The van der Waals surface area contributed by atoms with Crippen LogP contribution in [0.5, 0.6) is 0 Å². The van der Waals surface area contributed by atoms with Crippen molar-refractivity contribution in [2.75, 3.05) is 0 Å². The second-order valence-corrected chi connectivity index (χ2v) is 6.95. The maximum atomic E-state index is 12.8. The molecule has 0 saturated heterocycles. The van der Waals surface area contributed by atoms with Crippen LogP contribution in [0, 0.1) is 6.92 Å². The van der Waals surface area contributed by atoms with Gasteiger partial charge in [-0.1, -0.05) is 35.9 Å². The first-order valence-electron chi connectivity index (χ1n) is 7.59. The molecule has 6 heteroatoms. The fourth-order valence-electron chi connectivity index (χ4n) is 2.49. The fourth-order valence-corrected chi connectivity index (χ4v) is 2.62. The Bertz CT molecular complexity index is 926. The second-order valence-electron chi connectivity index (χ2n) is 6.56. The van der Waals surface area contributed by atoms with E-state index >= 15 is 0 Å². The van der Waals surface area contributed by atoms with E-state index in [-0.39, 0.29) is 5.15 Å². The monoisotopic (exact) mass is 343 g/mol. The summed E-state index contributed by atoms with van der Waals surface area (Å²) >= 11 is 5.98. The minimum absolute atomic E-state index is 0.224. The van der Waals surface area contributed by atoms with Crippen LogP contribution in [-0.2, 0) is 4.74 Å². The van der Waals surface area contributed by atoms with Gasteiger partial charge in [0.05, 0.1) is 11.9 Å². The van der Waals surface area contributed by atoms with E-state index in [1.165, 1.54) is 10.8 Å². The van der Waals surface area contributed by atoms with Gasteiger partial charge < -0.3 is 4.74 Å². The Morgan fingerprint density at radius 1 is 1.25 bits per heavy atom. The molecule has 2 heterocycles. The minimum atomic E-state index is -0.622. The average molecular weight is 344 g/mol. The van der Waals surface area contributed by atoms with Crippen molar-refractivity contribution in [3.05, 3.63) is 47.2 Å². The average Bonchev–Trinajstić information content (AvgIpc) is 2.84. The van der Waals surface area contributed by atoms with Gasteiger partial charge in [0.25, 0.3) is 0 Å². The molecule has 0 saturated carbocycles. The number of carbonyl (C=O) groups is 1. The number of nitrogens with zero attached hydrogens (tertiary/aromatic N) is 3. The molecule has 1 aromatic carbocycles. The Morgan fingerprint density at radius 3 is 2.62 bits per heavy atom. The lowest BCUT2D eigenvalue weighted by atomic mass is 10.1. The lowest BCUT2D eigenvalue weighted by Crippen LogP contribution is -2.27. The van der Waals surface area contributed by atoms with Crippen LogP contribution in [0.15, 0.2) is 36.5 Å². The molecule has 0 bridgehead atoms. The van der Waals surface area contributed by atoms with E-state index in [1.54, 1.807) is 0 Å². The fraction of sp³-hybridized carbons (Fsp3) is 0.278. The summed E-state index contributed by atoms with van der Waals surface area (Å²) in [5.74, 6) is 0. The normalized spacial score (nSPS) is 11.7. The van der Waals surface area contributed by atoms with E-state index < -0.39 is 11.7 Å². The van der Waals surface area contributed by atoms with Crippen LogP contribution in [0.2, 0.25) is 5.15 Å². The summed E-state index contributed by atoms with van der Waals surface area (Å²) in [6, 6.07) is 9.64. The first-order valence-corrected chi connectivity index (χ1v) is 7.97. The predicted molar refractivity (Wildman–Crippen MR) is 94.3 cm³/mol. The van der Waals surface area contributed by atoms with E-state index in [2.05, 4.69) is 9.97 Å². The van der Waals surface area contributed by atoms with Crippen molar-refractivity contribution < 1.29 is 9.53 Å². The summed E-state index contributed by atoms with van der Waals surface area (Å²) in [6.07, 6.45) is 0.956. The Hall–Kier alpha value is -2.40. The summed E-state index contributed by atoms with van der Waals surface area (Å²) in [6.45, 7) is 7.45. The maximum Gasteiger partial charge on any atom is 0.420 e. The SMILES string of the molecule is Cc1ccccc1-c1cc2ncc(Cl)nc2n1C(=O)OC(C)(C)C. The number of ether oxygens (including phenoxy) is 1. The zero-order chi connectivity index (χ0) is 17.5. The van der Waals surface area contributed by atoms with Gasteiger partial charge in [0.2, 0.25) is 0 Å². The number of hydrogen-bond acceptors (Lipinski definition) is 4. The zero-order valence-electron chi connectivity index (χ0n) is 14.0. The summed E-state index contributed by atoms with van der Waals surface area (Å²) in [7, 11) is 0. The van der Waals surface area contributed by atoms with Crippen molar-refractivity contribution >= 4 is 28.9 Å². The van der Waals surface area contributed by atoms with Gasteiger partial charge in [0.1, 0.15) is 16.3 Å². The number of rotatable bonds is 1. The first-order chi connectivity index (χ1) is 11.3. The molecule has 2 aromatic heterocycles. The lowest BCUT2D eigenvalue weighted by molar-refractivity contribution is 0.0546. The Kier molecular flexibility index (Phi) is 4.05. The van der Waals surface area contributed by atoms with E-state index in [0.717, 1.165) is 11.1 Å². The molecule has 0 N–H and O–H groups in total. The molecule has 3 rings (SSSR count). The van der Waals surface area contributed by atoms with Crippen LogP contribution in [0.25, 0.3) is 22.4 Å². The van der Waals surface area contributed by atoms with E-state index in [9.17, 15) is 4.79 Å². The molecule has 0 amide bonds. The lowest BCUT2D eigenvalue weighted by Gasteiger charge is -2.21. The van der Waals surface area contributed by atoms with Gasteiger partial charge in [0, 0.05) is 5.56 Å². The number of aryl methyl sites for hydroxylation is 1. The van der Waals surface area contributed by atoms with Crippen LogP contribution in [0.1, 0.15) is 26.3 Å². The minimum Gasteiger partial charge on any atom is -0.443 e. The van der Waals surface area contributed by atoms with Crippen LogP contribution in [0.3, 0.4) is 0 Å². The molecule has 0 radical (unpaired) electrons. The Labute approximate surface area is 145 Å². The third-order valence-corrected chi connectivity index (χ3v) is 3.66. The largest absolute Gasteiger partial charge is 0.443 e. The third kappa shape index (κ3) is 3.12. The quantitative estimate of drug-likeness (QED) is 0.634. The summed E-state index contributed by atoms with van der Waals surface area (Å²) in [5.41, 5.74) is 2.98. The highest BCUT2D eigenvalue weighted by molar-refractivity contribution is 6.29. The van der Waals surface area contributed by atoms with Crippen molar-refractivity contribution in [2.45, 2.75) is 33.3 Å². The van der Waals surface area contributed by atoms with E-state index in [0.29, 0.717) is 16.9 Å². The van der Waals surface area contributed by atoms with Crippen LogP contribution in [0.4, 0.5) is 4.79 Å². The summed E-state index contributed by atoms with van der Waals surface area (Å²) in [4.78, 5) is 21.3. The second kappa shape index (κ2) is 5.91. The molecule has 3 aromatic rings. The van der Waals surface area contributed by atoms with Gasteiger partial charge in [-0.3, -0.25) is 0 Å². The summed E-state index contributed by atoms with van der Waals surface area (Å²) < 4.78 is 6.98. The van der Waals surface area contributed by atoms with Gasteiger partial charge in [-0.15, -0.1) is 0 Å². The molecule has 0 aliphatic rings. The molecule has 5 nitrogen and oxygen atoms in total. The van der Waals surface area contributed by atoms with Gasteiger partial charge in [-0.25, -0.2) is 19.3 Å². The molecule has 0 spiro atoms. The maximum absolute atomic E-state index is 12.8. The number of fused-ring (bicyclic) bond motifs is 1. The highest BCUT2D eigenvalue weighted by atomic mass is 35.5. The van der Waals surface area contributed by atoms with E-state index in [1.807, 2.05) is 58.0 Å². The van der Waals surface area contributed by atoms with Gasteiger partial charge >= 0.3 is 6.09 Å². The molecule has 0 aliphatic carbocycles. The number of aromatic nitrogens is 3.